The molecule has 0 aliphatic carbocycles. The molecule has 0 saturated carbocycles. The predicted molar refractivity (Wildman–Crippen MR) is 90.1 cm³/mol. The molecule has 0 aromatic carbocycles. The summed E-state index contributed by atoms with van der Waals surface area (Å²) in [7, 11) is 1.36. The van der Waals surface area contributed by atoms with Gasteiger partial charge in [-0.1, -0.05) is 0 Å². The zero-order valence-corrected chi connectivity index (χ0v) is 14.6. The zero-order valence-electron chi connectivity index (χ0n) is 14.6. The van der Waals surface area contributed by atoms with Gasteiger partial charge in [-0.3, -0.25) is 9.78 Å². The van der Waals surface area contributed by atoms with Crippen LogP contribution in [0.1, 0.15) is 38.4 Å². The highest BCUT2D eigenvalue weighted by molar-refractivity contribution is 5.97. The average Bonchev–Trinajstić information content (AvgIpc) is 2.92. The van der Waals surface area contributed by atoms with E-state index in [9.17, 15) is 9.59 Å². The van der Waals surface area contributed by atoms with Crippen LogP contribution in [0.4, 0.5) is 4.79 Å². The van der Waals surface area contributed by atoms with Crippen LogP contribution >= 0.6 is 0 Å². The summed E-state index contributed by atoms with van der Waals surface area (Å²) in [5.41, 5.74) is 10.4. The molecule has 0 fully saturated rings. The van der Waals surface area contributed by atoms with Gasteiger partial charge in [0.15, 0.2) is 0 Å². The molecule has 3 rings (SSSR count). The lowest BCUT2D eigenvalue weighted by molar-refractivity contribution is 0.0939. The van der Waals surface area contributed by atoms with Gasteiger partial charge in [0.1, 0.15) is 0 Å². The van der Waals surface area contributed by atoms with Crippen LogP contribution in [-0.2, 0) is 24.2 Å². The normalized spacial score (nSPS) is 13.5. The lowest BCUT2D eigenvalue weighted by atomic mass is 9.97. The Hall–Kier alpha value is -2.74. The second-order valence-electron chi connectivity index (χ2n) is 6.04. The highest BCUT2D eigenvalue weighted by atomic mass is 16.5. The number of nitrogens with two attached hydrogens (primary N) is 1. The fourth-order valence-electron chi connectivity index (χ4n) is 3.24. The monoisotopic (exact) mass is 343 g/mol. The van der Waals surface area contributed by atoms with Crippen molar-refractivity contribution < 1.29 is 14.3 Å². The predicted octanol–water partition coefficient (Wildman–Crippen LogP) is 1.17. The first kappa shape index (κ1) is 17.1. The van der Waals surface area contributed by atoms with E-state index in [1.165, 1.54) is 11.8 Å². The number of carbonyl (C=O) groups excluding carboxylic acids is 2. The smallest absolute Gasteiger partial charge is 0.409 e. The Balaban J connectivity index is 1.98. The fourth-order valence-corrected chi connectivity index (χ4v) is 3.24. The number of methoxy groups -OCH3 is 1. The van der Waals surface area contributed by atoms with Gasteiger partial charge < -0.3 is 15.4 Å². The molecular formula is C17H21N5O3. The SMILES string of the molecule is COC(=O)N1CCc2c(cncc2C(=O)n2nc(C)c(CN)c2C)C1. The van der Waals surface area contributed by atoms with Gasteiger partial charge >= 0.3 is 6.09 Å². The minimum Gasteiger partial charge on any atom is -0.453 e. The Labute approximate surface area is 145 Å². The molecule has 132 valence electrons. The standard InChI is InChI=1S/C17H21N5O3/c1-10-14(6-18)11(2)22(20-10)16(23)15-8-19-7-12-9-21(17(24)25-3)5-4-13(12)15/h7-8H,4-6,9,18H2,1-3H3. The molecule has 2 N–H and O–H groups in total. The van der Waals surface area contributed by atoms with Crippen LogP contribution in [0.5, 0.6) is 0 Å². The third kappa shape index (κ3) is 2.89. The van der Waals surface area contributed by atoms with Gasteiger partial charge in [0.2, 0.25) is 0 Å². The second-order valence-corrected chi connectivity index (χ2v) is 6.04. The molecule has 8 nitrogen and oxygen atoms in total. The van der Waals surface area contributed by atoms with Gasteiger partial charge in [0.25, 0.3) is 5.91 Å². The largest absolute Gasteiger partial charge is 0.453 e. The summed E-state index contributed by atoms with van der Waals surface area (Å²) in [6.07, 6.45) is 3.44. The van der Waals surface area contributed by atoms with Gasteiger partial charge in [-0.05, 0) is 31.4 Å². The first-order chi connectivity index (χ1) is 12.0. The lowest BCUT2D eigenvalue weighted by Gasteiger charge is -2.28. The molecule has 1 amide bonds. The first-order valence-corrected chi connectivity index (χ1v) is 8.06. The van der Waals surface area contributed by atoms with E-state index >= 15 is 0 Å². The number of rotatable bonds is 2. The van der Waals surface area contributed by atoms with Gasteiger partial charge in [0, 0.05) is 36.7 Å². The molecule has 0 saturated heterocycles. The Kier molecular flexibility index (Phi) is 4.54. The lowest BCUT2D eigenvalue weighted by Crippen LogP contribution is -2.36. The summed E-state index contributed by atoms with van der Waals surface area (Å²) in [6.45, 7) is 4.88. The summed E-state index contributed by atoms with van der Waals surface area (Å²) in [5.74, 6) is -0.226. The number of fused-ring (bicyclic) bond motifs is 1. The molecule has 0 spiro atoms. The molecule has 0 unspecified atom stereocenters. The van der Waals surface area contributed by atoms with E-state index in [-0.39, 0.29) is 12.0 Å². The summed E-state index contributed by atoms with van der Waals surface area (Å²) < 4.78 is 6.16. The van der Waals surface area contributed by atoms with Crippen molar-refractivity contribution in [1.29, 1.82) is 0 Å². The molecule has 3 heterocycles. The quantitative estimate of drug-likeness (QED) is 0.878. The molecule has 8 heteroatoms. The van der Waals surface area contributed by atoms with Crippen LogP contribution in [0.2, 0.25) is 0 Å². The van der Waals surface area contributed by atoms with Crippen molar-refractivity contribution in [2.45, 2.75) is 33.4 Å². The molecule has 1 aliphatic rings. The Bertz CT molecular complexity index is 843. The molecule has 25 heavy (non-hydrogen) atoms. The number of ether oxygens (including phenoxy) is 1. The summed E-state index contributed by atoms with van der Waals surface area (Å²) in [6, 6.07) is 0. The zero-order chi connectivity index (χ0) is 18.1. The van der Waals surface area contributed by atoms with Crippen LogP contribution < -0.4 is 5.73 Å². The van der Waals surface area contributed by atoms with Crippen LogP contribution in [0.3, 0.4) is 0 Å². The third-order valence-corrected chi connectivity index (χ3v) is 4.64. The van der Waals surface area contributed by atoms with E-state index in [0.717, 1.165) is 28.1 Å². The molecule has 1 aliphatic heterocycles. The molecule has 2 aromatic rings. The maximum absolute atomic E-state index is 13.0. The Morgan fingerprint density at radius 2 is 2.08 bits per heavy atom. The summed E-state index contributed by atoms with van der Waals surface area (Å²) in [5, 5.41) is 4.34. The van der Waals surface area contributed by atoms with Crippen LogP contribution in [0, 0.1) is 13.8 Å². The maximum Gasteiger partial charge on any atom is 0.409 e. The van der Waals surface area contributed by atoms with Gasteiger partial charge in [-0.2, -0.15) is 5.10 Å². The summed E-state index contributed by atoms with van der Waals surface area (Å²) in [4.78, 5) is 30.5. The van der Waals surface area contributed by atoms with E-state index in [2.05, 4.69) is 10.1 Å². The van der Waals surface area contributed by atoms with Gasteiger partial charge in [-0.15, -0.1) is 0 Å². The third-order valence-electron chi connectivity index (χ3n) is 4.64. The van der Waals surface area contributed by atoms with Crippen molar-refractivity contribution in [2.24, 2.45) is 5.73 Å². The van der Waals surface area contributed by atoms with E-state index in [0.29, 0.717) is 31.6 Å². The van der Waals surface area contributed by atoms with Crippen molar-refractivity contribution in [3.8, 4) is 0 Å². The molecule has 2 aromatic heterocycles. The van der Waals surface area contributed by atoms with Crippen molar-refractivity contribution in [2.75, 3.05) is 13.7 Å². The van der Waals surface area contributed by atoms with Gasteiger partial charge in [0.05, 0.1) is 24.9 Å². The highest BCUT2D eigenvalue weighted by Gasteiger charge is 2.27. The van der Waals surface area contributed by atoms with Crippen molar-refractivity contribution >= 4 is 12.0 Å². The van der Waals surface area contributed by atoms with Crippen LogP contribution in [0.15, 0.2) is 12.4 Å². The minimum atomic E-state index is -0.381. The number of carbonyl (C=O) groups is 2. The van der Waals surface area contributed by atoms with E-state index in [1.807, 2.05) is 13.8 Å². The van der Waals surface area contributed by atoms with Crippen molar-refractivity contribution in [3.05, 3.63) is 46.0 Å². The number of hydrogen-bond acceptors (Lipinski definition) is 6. The summed E-state index contributed by atoms with van der Waals surface area (Å²) >= 11 is 0. The maximum atomic E-state index is 13.0. The average molecular weight is 343 g/mol. The molecule has 0 bridgehead atoms. The van der Waals surface area contributed by atoms with Crippen LogP contribution in [-0.4, -0.2) is 45.3 Å². The number of aromatic nitrogens is 3. The first-order valence-electron chi connectivity index (χ1n) is 8.06. The fraction of sp³-hybridized carbons (Fsp3) is 0.412. The number of aryl methyl sites for hydroxylation is 1. The number of nitrogens with zero attached hydrogens (tertiary/aromatic N) is 4. The molecule has 0 radical (unpaired) electrons. The number of amides is 1. The second kappa shape index (κ2) is 6.64. The highest BCUT2D eigenvalue weighted by Crippen LogP contribution is 2.23. The van der Waals surface area contributed by atoms with Crippen LogP contribution in [0.25, 0.3) is 0 Å². The topological polar surface area (TPSA) is 103 Å². The molecule has 0 atom stereocenters. The van der Waals surface area contributed by atoms with E-state index in [1.54, 1.807) is 17.3 Å². The van der Waals surface area contributed by atoms with Crippen molar-refractivity contribution in [1.82, 2.24) is 19.7 Å². The van der Waals surface area contributed by atoms with E-state index < -0.39 is 0 Å². The van der Waals surface area contributed by atoms with E-state index in [4.69, 9.17) is 10.5 Å². The minimum absolute atomic E-state index is 0.226. The number of pyridine rings is 1. The Morgan fingerprint density at radius 1 is 1.32 bits per heavy atom. The molecular weight excluding hydrogens is 322 g/mol. The van der Waals surface area contributed by atoms with Gasteiger partial charge in [-0.25, -0.2) is 9.48 Å². The Morgan fingerprint density at radius 3 is 2.72 bits per heavy atom. The van der Waals surface area contributed by atoms with Crippen molar-refractivity contribution in [3.63, 3.8) is 0 Å². The number of hydrogen-bond donors (Lipinski definition) is 1.